The number of aryl methyl sites for hydroxylation is 2. The standard InChI is InChI=1S/C15H21N5OS/c1-10-13(22-11(2)19-10)9-18-15(16-3)17-8-12-6-5-7-14(20-12)21-4/h5-7H,8-9H2,1-4H3,(H2,16,17,18). The fourth-order valence-electron chi connectivity index (χ4n) is 1.97. The minimum Gasteiger partial charge on any atom is -0.481 e. The third-order valence-corrected chi connectivity index (χ3v) is 4.14. The molecule has 0 fully saturated rings. The zero-order valence-electron chi connectivity index (χ0n) is 13.3. The molecule has 22 heavy (non-hydrogen) atoms. The van der Waals surface area contributed by atoms with Gasteiger partial charge in [-0.2, -0.15) is 0 Å². The second kappa shape index (κ2) is 7.74. The van der Waals surface area contributed by atoms with E-state index in [0.29, 0.717) is 19.0 Å². The van der Waals surface area contributed by atoms with Gasteiger partial charge in [0.05, 0.1) is 36.6 Å². The van der Waals surface area contributed by atoms with Crippen LogP contribution >= 0.6 is 11.3 Å². The van der Waals surface area contributed by atoms with Gasteiger partial charge in [-0.05, 0) is 19.9 Å². The van der Waals surface area contributed by atoms with Gasteiger partial charge < -0.3 is 15.4 Å². The molecule has 2 aromatic rings. The number of hydrogen-bond donors (Lipinski definition) is 2. The highest BCUT2D eigenvalue weighted by Gasteiger charge is 2.06. The van der Waals surface area contributed by atoms with Gasteiger partial charge in [0.15, 0.2) is 5.96 Å². The largest absolute Gasteiger partial charge is 0.481 e. The molecule has 0 aliphatic carbocycles. The summed E-state index contributed by atoms with van der Waals surface area (Å²) in [7, 11) is 3.36. The Bertz CT molecular complexity index is 653. The minimum absolute atomic E-state index is 0.581. The van der Waals surface area contributed by atoms with Gasteiger partial charge in [-0.25, -0.2) is 9.97 Å². The van der Waals surface area contributed by atoms with Crippen LogP contribution in [0.5, 0.6) is 5.88 Å². The molecular weight excluding hydrogens is 298 g/mol. The minimum atomic E-state index is 0.581. The Labute approximate surface area is 134 Å². The number of aromatic nitrogens is 2. The van der Waals surface area contributed by atoms with Gasteiger partial charge in [-0.3, -0.25) is 4.99 Å². The van der Waals surface area contributed by atoms with Crippen molar-refractivity contribution in [1.29, 1.82) is 0 Å². The van der Waals surface area contributed by atoms with Gasteiger partial charge in [0.25, 0.3) is 0 Å². The number of aliphatic imine (C=N–C) groups is 1. The number of ether oxygens (including phenoxy) is 1. The molecule has 0 aliphatic heterocycles. The van der Waals surface area contributed by atoms with Gasteiger partial charge >= 0.3 is 0 Å². The summed E-state index contributed by atoms with van der Waals surface area (Å²) in [5.41, 5.74) is 1.96. The lowest BCUT2D eigenvalue weighted by atomic mass is 10.3. The molecule has 0 saturated carbocycles. The van der Waals surface area contributed by atoms with Gasteiger partial charge in [0, 0.05) is 18.0 Å². The second-order valence-electron chi connectivity index (χ2n) is 4.69. The Morgan fingerprint density at radius 3 is 2.64 bits per heavy atom. The Morgan fingerprint density at radius 1 is 1.23 bits per heavy atom. The van der Waals surface area contributed by atoms with Crippen LogP contribution in [0.2, 0.25) is 0 Å². The lowest BCUT2D eigenvalue weighted by Gasteiger charge is -2.11. The summed E-state index contributed by atoms with van der Waals surface area (Å²) >= 11 is 1.70. The summed E-state index contributed by atoms with van der Waals surface area (Å²) < 4.78 is 5.12. The SMILES string of the molecule is CN=C(NCc1cccc(OC)n1)NCc1sc(C)nc1C. The van der Waals surface area contributed by atoms with Crippen LogP contribution in [-0.4, -0.2) is 30.1 Å². The quantitative estimate of drug-likeness (QED) is 0.652. The van der Waals surface area contributed by atoms with Crippen molar-refractivity contribution in [3.05, 3.63) is 39.5 Å². The van der Waals surface area contributed by atoms with Crippen LogP contribution in [-0.2, 0) is 13.1 Å². The number of methoxy groups -OCH3 is 1. The van der Waals surface area contributed by atoms with Crippen molar-refractivity contribution in [3.63, 3.8) is 0 Å². The van der Waals surface area contributed by atoms with Crippen molar-refractivity contribution in [1.82, 2.24) is 20.6 Å². The van der Waals surface area contributed by atoms with Crippen molar-refractivity contribution in [2.45, 2.75) is 26.9 Å². The maximum atomic E-state index is 5.12. The number of rotatable bonds is 5. The van der Waals surface area contributed by atoms with E-state index in [0.717, 1.165) is 22.4 Å². The van der Waals surface area contributed by atoms with Crippen LogP contribution in [0.3, 0.4) is 0 Å². The van der Waals surface area contributed by atoms with Crippen LogP contribution in [0.25, 0.3) is 0 Å². The Kier molecular flexibility index (Phi) is 5.71. The molecule has 2 N–H and O–H groups in total. The van der Waals surface area contributed by atoms with Crippen molar-refractivity contribution in [2.75, 3.05) is 14.2 Å². The molecule has 0 atom stereocenters. The third kappa shape index (κ3) is 4.42. The molecule has 0 bridgehead atoms. The molecule has 0 aromatic carbocycles. The average Bonchev–Trinajstić information content (AvgIpc) is 2.85. The Hall–Kier alpha value is -2.15. The average molecular weight is 319 g/mol. The van der Waals surface area contributed by atoms with Crippen LogP contribution in [0.4, 0.5) is 0 Å². The van der Waals surface area contributed by atoms with E-state index in [9.17, 15) is 0 Å². The molecular formula is C15H21N5OS. The van der Waals surface area contributed by atoms with Crippen molar-refractivity contribution >= 4 is 17.3 Å². The van der Waals surface area contributed by atoms with E-state index < -0.39 is 0 Å². The van der Waals surface area contributed by atoms with Gasteiger partial charge in [-0.1, -0.05) is 6.07 Å². The molecule has 0 aliphatic rings. The third-order valence-electron chi connectivity index (χ3n) is 3.07. The Morgan fingerprint density at radius 2 is 2.00 bits per heavy atom. The fraction of sp³-hybridized carbons (Fsp3) is 0.400. The van der Waals surface area contributed by atoms with Gasteiger partial charge in [-0.15, -0.1) is 11.3 Å². The number of nitrogens with zero attached hydrogens (tertiary/aromatic N) is 3. The van der Waals surface area contributed by atoms with E-state index in [-0.39, 0.29) is 0 Å². The number of pyridine rings is 1. The lowest BCUT2D eigenvalue weighted by Crippen LogP contribution is -2.36. The lowest BCUT2D eigenvalue weighted by molar-refractivity contribution is 0.396. The zero-order valence-corrected chi connectivity index (χ0v) is 14.1. The van der Waals surface area contributed by atoms with E-state index in [2.05, 4.69) is 25.6 Å². The first-order valence-electron chi connectivity index (χ1n) is 6.99. The summed E-state index contributed by atoms with van der Waals surface area (Å²) in [6.07, 6.45) is 0. The molecule has 2 heterocycles. The van der Waals surface area contributed by atoms with Gasteiger partial charge in [0.2, 0.25) is 5.88 Å². The number of thiazole rings is 1. The molecule has 6 nitrogen and oxygen atoms in total. The monoisotopic (exact) mass is 319 g/mol. The van der Waals surface area contributed by atoms with Crippen LogP contribution in [0.15, 0.2) is 23.2 Å². The summed E-state index contributed by atoms with van der Waals surface area (Å²) in [6, 6.07) is 5.69. The molecule has 7 heteroatoms. The maximum Gasteiger partial charge on any atom is 0.213 e. The van der Waals surface area contributed by atoms with Crippen LogP contribution in [0.1, 0.15) is 21.3 Å². The summed E-state index contributed by atoms with van der Waals surface area (Å²) in [4.78, 5) is 14.2. The number of guanidine groups is 1. The molecule has 0 unspecified atom stereocenters. The molecule has 0 spiro atoms. The Balaban J connectivity index is 1.88. The smallest absolute Gasteiger partial charge is 0.213 e. The fourth-order valence-corrected chi connectivity index (χ4v) is 2.84. The number of hydrogen-bond acceptors (Lipinski definition) is 5. The molecule has 0 saturated heterocycles. The predicted octanol–water partition coefficient (Wildman–Crippen LogP) is 2.03. The van der Waals surface area contributed by atoms with E-state index >= 15 is 0 Å². The summed E-state index contributed by atoms with van der Waals surface area (Å²) in [5, 5.41) is 7.61. The molecule has 0 radical (unpaired) electrons. The zero-order chi connectivity index (χ0) is 15.9. The highest BCUT2D eigenvalue weighted by molar-refractivity contribution is 7.11. The molecule has 2 aromatic heterocycles. The van der Waals surface area contributed by atoms with E-state index in [1.165, 1.54) is 4.88 Å². The van der Waals surface area contributed by atoms with Crippen LogP contribution in [0, 0.1) is 13.8 Å². The topological polar surface area (TPSA) is 71.4 Å². The van der Waals surface area contributed by atoms with Crippen molar-refractivity contribution < 1.29 is 4.74 Å². The van der Waals surface area contributed by atoms with Crippen LogP contribution < -0.4 is 15.4 Å². The van der Waals surface area contributed by atoms with Gasteiger partial charge in [0.1, 0.15) is 0 Å². The molecule has 0 amide bonds. The highest BCUT2D eigenvalue weighted by Crippen LogP contribution is 2.16. The summed E-state index contributed by atoms with van der Waals surface area (Å²) in [6.45, 7) is 5.33. The van der Waals surface area contributed by atoms with E-state index in [1.807, 2.05) is 32.0 Å². The van der Waals surface area contributed by atoms with Crippen molar-refractivity contribution in [2.24, 2.45) is 4.99 Å². The van der Waals surface area contributed by atoms with Crippen molar-refractivity contribution in [3.8, 4) is 5.88 Å². The predicted molar refractivity (Wildman–Crippen MR) is 89.4 cm³/mol. The summed E-state index contributed by atoms with van der Waals surface area (Å²) in [5.74, 6) is 1.34. The molecule has 2 rings (SSSR count). The normalized spacial score (nSPS) is 11.4. The first kappa shape index (κ1) is 16.2. The second-order valence-corrected chi connectivity index (χ2v) is 5.98. The van der Waals surface area contributed by atoms with E-state index in [1.54, 1.807) is 25.5 Å². The highest BCUT2D eigenvalue weighted by atomic mass is 32.1. The molecule has 118 valence electrons. The number of nitrogens with one attached hydrogen (secondary N) is 2. The first-order chi connectivity index (χ1) is 10.6. The first-order valence-corrected chi connectivity index (χ1v) is 7.81. The van der Waals surface area contributed by atoms with E-state index in [4.69, 9.17) is 4.74 Å². The maximum absolute atomic E-state index is 5.12.